The van der Waals surface area contributed by atoms with E-state index in [2.05, 4.69) is 5.73 Å². The Morgan fingerprint density at radius 3 is 1.78 bits per heavy atom. The van der Waals surface area contributed by atoms with Crippen molar-refractivity contribution in [3.63, 3.8) is 0 Å². The summed E-state index contributed by atoms with van der Waals surface area (Å²) in [6.45, 7) is 1.09. The molecule has 0 unspecified atom stereocenters. The van der Waals surface area contributed by atoms with Crippen LogP contribution < -0.4 is 5.73 Å². The number of primary amides is 1. The Hall–Kier alpha value is -0.280. The third-order valence-corrected chi connectivity index (χ3v) is 1.66. The van der Waals surface area contributed by atoms with Gasteiger partial charge in [-0.2, -0.15) is 0 Å². The van der Waals surface area contributed by atoms with Crippen LogP contribution in [0.5, 0.6) is 0 Å². The van der Waals surface area contributed by atoms with Crippen LogP contribution in [0.25, 0.3) is 0 Å². The summed E-state index contributed by atoms with van der Waals surface area (Å²) in [5.74, 6) is -1.71. The molecule has 3 nitrogen and oxygen atoms in total. The standard InChI is InChI=1S/C4H5Cl2NO2/c1-2(8)4(5,6)3(7)9/h1H3,(H2,7,9). The fourth-order valence-corrected chi connectivity index (χ4v) is 0.173. The molecule has 0 aliphatic rings. The molecule has 0 rings (SSSR count). The fourth-order valence-electron chi connectivity index (χ4n) is 0.173. The Bertz CT molecular complexity index is 139. The predicted octanol–water partition coefficient (Wildman–Crippen LogP) is 0.235. The lowest BCUT2D eigenvalue weighted by Gasteiger charge is -2.08. The first-order valence-electron chi connectivity index (χ1n) is 2.07. The normalized spacial score (nSPS) is 11.0. The van der Waals surface area contributed by atoms with E-state index in [9.17, 15) is 9.59 Å². The van der Waals surface area contributed by atoms with E-state index in [1.165, 1.54) is 0 Å². The molecule has 0 atom stereocenters. The molecule has 0 radical (unpaired) electrons. The van der Waals surface area contributed by atoms with Crippen molar-refractivity contribution in [2.75, 3.05) is 0 Å². The molecule has 9 heavy (non-hydrogen) atoms. The molecule has 5 heteroatoms. The van der Waals surface area contributed by atoms with E-state index in [-0.39, 0.29) is 0 Å². The maximum atomic E-state index is 10.3. The average molecular weight is 170 g/mol. The quantitative estimate of drug-likeness (QED) is 0.476. The minimum absolute atomic E-state index is 0.668. The first-order valence-corrected chi connectivity index (χ1v) is 2.83. The Morgan fingerprint density at radius 1 is 1.44 bits per heavy atom. The smallest absolute Gasteiger partial charge is 0.261 e. The zero-order chi connectivity index (χ0) is 7.65. The molecule has 0 saturated carbocycles. The van der Waals surface area contributed by atoms with Crippen molar-refractivity contribution < 1.29 is 9.59 Å². The number of Topliss-reactive ketones (excluding diaryl/α,β-unsaturated/α-hetero) is 1. The third-order valence-electron chi connectivity index (χ3n) is 0.752. The van der Waals surface area contributed by atoms with E-state index in [0.717, 1.165) is 6.92 Å². The molecule has 0 aromatic heterocycles. The number of hydrogen-bond donors (Lipinski definition) is 1. The molecule has 0 saturated heterocycles. The van der Waals surface area contributed by atoms with E-state index < -0.39 is 16.0 Å². The van der Waals surface area contributed by atoms with Crippen LogP contribution >= 0.6 is 23.2 Å². The number of rotatable bonds is 2. The summed E-state index contributed by atoms with van der Waals surface area (Å²) in [6, 6.07) is 0. The molecule has 0 bridgehead atoms. The van der Waals surface area contributed by atoms with Gasteiger partial charge in [0.15, 0.2) is 5.78 Å². The van der Waals surface area contributed by atoms with Crippen molar-refractivity contribution in [2.45, 2.75) is 11.3 Å². The largest absolute Gasteiger partial charge is 0.367 e. The highest BCUT2D eigenvalue weighted by Crippen LogP contribution is 2.20. The van der Waals surface area contributed by atoms with Crippen molar-refractivity contribution in [3.05, 3.63) is 0 Å². The van der Waals surface area contributed by atoms with E-state index in [4.69, 9.17) is 23.2 Å². The van der Waals surface area contributed by atoms with Gasteiger partial charge in [0.1, 0.15) is 0 Å². The topological polar surface area (TPSA) is 60.2 Å². The minimum Gasteiger partial charge on any atom is -0.367 e. The molecule has 0 aliphatic carbocycles. The molecule has 0 aromatic rings. The lowest BCUT2D eigenvalue weighted by atomic mass is 10.3. The van der Waals surface area contributed by atoms with Crippen LogP contribution in [0.15, 0.2) is 0 Å². The van der Waals surface area contributed by atoms with Gasteiger partial charge in [-0.1, -0.05) is 23.2 Å². The van der Waals surface area contributed by atoms with Crippen molar-refractivity contribution in [1.29, 1.82) is 0 Å². The second-order valence-corrected chi connectivity index (χ2v) is 2.82. The first-order chi connectivity index (χ1) is 3.89. The van der Waals surface area contributed by atoms with Crippen LogP contribution in [0.3, 0.4) is 0 Å². The maximum Gasteiger partial charge on any atom is 0.261 e. The Morgan fingerprint density at radius 2 is 1.78 bits per heavy atom. The molecule has 0 fully saturated rings. The lowest BCUT2D eigenvalue weighted by Crippen LogP contribution is -2.39. The molecule has 0 aromatic carbocycles. The number of ketones is 1. The highest BCUT2D eigenvalue weighted by atomic mass is 35.5. The SMILES string of the molecule is CC(=O)C(Cl)(Cl)C(N)=O. The van der Waals surface area contributed by atoms with E-state index >= 15 is 0 Å². The lowest BCUT2D eigenvalue weighted by molar-refractivity contribution is -0.126. The molecule has 52 valence electrons. The first kappa shape index (κ1) is 8.72. The van der Waals surface area contributed by atoms with E-state index in [1.807, 2.05) is 0 Å². The van der Waals surface area contributed by atoms with E-state index in [1.54, 1.807) is 0 Å². The van der Waals surface area contributed by atoms with Crippen molar-refractivity contribution in [3.8, 4) is 0 Å². The fraction of sp³-hybridized carbons (Fsp3) is 0.500. The summed E-state index contributed by atoms with van der Waals surface area (Å²) in [5, 5.41) is 0. The average Bonchev–Trinajstić information content (AvgIpc) is 1.65. The molecular weight excluding hydrogens is 165 g/mol. The van der Waals surface area contributed by atoms with Crippen LogP contribution in [-0.2, 0) is 9.59 Å². The predicted molar refractivity (Wildman–Crippen MR) is 34.3 cm³/mol. The maximum absolute atomic E-state index is 10.3. The Labute approximate surface area is 62.1 Å². The van der Waals surface area contributed by atoms with Crippen molar-refractivity contribution in [2.24, 2.45) is 5.73 Å². The van der Waals surface area contributed by atoms with Gasteiger partial charge in [-0.3, -0.25) is 9.59 Å². The number of amides is 1. The highest BCUT2D eigenvalue weighted by Gasteiger charge is 2.36. The third kappa shape index (κ3) is 1.84. The number of alkyl halides is 2. The summed E-state index contributed by atoms with van der Waals surface area (Å²) < 4.78 is -2.06. The van der Waals surface area contributed by atoms with Gasteiger partial charge >= 0.3 is 0 Å². The zero-order valence-electron chi connectivity index (χ0n) is 4.65. The Kier molecular flexibility index (Phi) is 2.46. The monoisotopic (exact) mass is 169 g/mol. The summed E-state index contributed by atoms with van der Waals surface area (Å²) >= 11 is 10.3. The number of halogens is 2. The van der Waals surface area contributed by atoms with Crippen LogP contribution in [0.1, 0.15) is 6.92 Å². The summed E-state index contributed by atoms with van der Waals surface area (Å²) in [6.07, 6.45) is 0. The zero-order valence-corrected chi connectivity index (χ0v) is 6.16. The molecule has 0 spiro atoms. The number of hydrogen-bond acceptors (Lipinski definition) is 2. The molecular formula is C4H5Cl2NO2. The highest BCUT2D eigenvalue weighted by molar-refractivity contribution is 6.67. The van der Waals surface area contributed by atoms with Gasteiger partial charge in [0.2, 0.25) is 0 Å². The van der Waals surface area contributed by atoms with E-state index in [0.29, 0.717) is 0 Å². The molecule has 0 aliphatic heterocycles. The summed E-state index contributed by atoms with van der Waals surface area (Å²) in [7, 11) is 0. The minimum atomic E-state index is -2.06. The second kappa shape index (κ2) is 2.54. The number of carbonyl (C=O) groups excluding carboxylic acids is 2. The van der Waals surface area contributed by atoms with Gasteiger partial charge in [-0.15, -0.1) is 0 Å². The van der Waals surface area contributed by atoms with Crippen LogP contribution in [-0.4, -0.2) is 16.0 Å². The van der Waals surface area contributed by atoms with Gasteiger partial charge in [-0.25, -0.2) is 0 Å². The molecule has 2 N–H and O–H groups in total. The molecule has 0 heterocycles. The van der Waals surface area contributed by atoms with Crippen molar-refractivity contribution in [1.82, 2.24) is 0 Å². The van der Waals surface area contributed by atoms with Crippen LogP contribution in [0.4, 0.5) is 0 Å². The van der Waals surface area contributed by atoms with Gasteiger partial charge in [0.25, 0.3) is 10.2 Å². The van der Waals surface area contributed by atoms with Gasteiger partial charge in [0, 0.05) is 0 Å². The summed E-state index contributed by atoms with van der Waals surface area (Å²) in [5.41, 5.74) is 4.65. The Balaban J connectivity index is 4.38. The summed E-state index contributed by atoms with van der Waals surface area (Å²) in [4.78, 5) is 20.5. The molecule has 1 amide bonds. The second-order valence-electron chi connectivity index (χ2n) is 1.49. The van der Waals surface area contributed by atoms with Crippen LogP contribution in [0, 0.1) is 0 Å². The van der Waals surface area contributed by atoms with Crippen LogP contribution in [0.2, 0.25) is 0 Å². The van der Waals surface area contributed by atoms with Gasteiger partial charge in [0.05, 0.1) is 0 Å². The van der Waals surface area contributed by atoms with Gasteiger partial charge < -0.3 is 5.73 Å². The van der Waals surface area contributed by atoms with Gasteiger partial charge in [-0.05, 0) is 6.92 Å². The van der Waals surface area contributed by atoms with Crippen molar-refractivity contribution >= 4 is 34.9 Å². The number of carbonyl (C=O) groups is 2. The number of nitrogens with two attached hydrogens (primary N) is 1.